The Kier molecular flexibility index (Phi) is 3.19. The van der Waals surface area contributed by atoms with Gasteiger partial charge in [0.15, 0.2) is 0 Å². The van der Waals surface area contributed by atoms with Crippen molar-refractivity contribution in [2.45, 2.75) is 39.3 Å². The summed E-state index contributed by atoms with van der Waals surface area (Å²) in [6, 6.07) is -0.384. The molecule has 0 fully saturated rings. The van der Waals surface area contributed by atoms with E-state index in [1.807, 2.05) is 0 Å². The van der Waals surface area contributed by atoms with Gasteiger partial charge < -0.3 is 9.64 Å². The third-order valence-electron chi connectivity index (χ3n) is 2.41. The fourth-order valence-electron chi connectivity index (χ4n) is 1.35. The minimum Gasteiger partial charge on any atom is -0.444 e. The number of carbonyl (C=O) groups is 1. The molecule has 1 rings (SSSR count). The van der Waals surface area contributed by atoms with Gasteiger partial charge in [0, 0.05) is 29.9 Å². The van der Waals surface area contributed by atoms with Crippen LogP contribution in [0.4, 0.5) is 4.79 Å². The molecule has 0 spiro atoms. The number of hydrogen-bond acceptors (Lipinski definition) is 3. The van der Waals surface area contributed by atoms with Crippen LogP contribution in [0.3, 0.4) is 0 Å². The number of hydrogen-bond donors (Lipinski definition) is 0. The largest absolute Gasteiger partial charge is 0.444 e. The maximum atomic E-state index is 12.0. The minimum atomic E-state index is -2.36. The Labute approximate surface area is 120 Å². The zero-order valence-corrected chi connectivity index (χ0v) is 12.8. The van der Waals surface area contributed by atoms with Gasteiger partial charge in [0.05, 0.1) is 6.04 Å². The summed E-state index contributed by atoms with van der Waals surface area (Å²) in [4.78, 5) is 13.4. The Morgan fingerprint density at radius 1 is 1.67 bits per heavy atom. The van der Waals surface area contributed by atoms with Crippen molar-refractivity contribution in [2.24, 2.45) is 6.98 Å². The van der Waals surface area contributed by atoms with Gasteiger partial charge in [-0.05, 0) is 43.6 Å². The number of rotatable bonds is 2. The van der Waals surface area contributed by atoms with Crippen molar-refractivity contribution < 1.29 is 13.6 Å². The van der Waals surface area contributed by atoms with Crippen molar-refractivity contribution in [2.75, 3.05) is 7.05 Å². The molecule has 1 amide bonds. The third-order valence-corrected chi connectivity index (χ3v) is 3.02. The molecule has 1 atom stereocenters. The van der Waals surface area contributed by atoms with Crippen LogP contribution < -0.4 is 0 Å². The molecular formula is C12H20BrN3O2. The molecule has 0 saturated carbocycles. The van der Waals surface area contributed by atoms with Crippen molar-refractivity contribution >= 4 is 22.0 Å². The highest BCUT2D eigenvalue weighted by Gasteiger charge is 2.25. The van der Waals surface area contributed by atoms with E-state index in [-0.39, 0.29) is 6.04 Å². The van der Waals surface area contributed by atoms with E-state index in [1.54, 1.807) is 34.7 Å². The highest BCUT2D eigenvalue weighted by Crippen LogP contribution is 2.26. The fraction of sp³-hybridized carbons (Fsp3) is 0.667. The Morgan fingerprint density at radius 2 is 2.28 bits per heavy atom. The summed E-state index contributed by atoms with van der Waals surface area (Å²) < 4.78 is 28.6. The maximum Gasteiger partial charge on any atom is 0.410 e. The lowest BCUT2D eigenvalue weighted by Crippen LogP contribution is -2.35. The standard InChI is InChI=1S/C12H20BrN3O2/c1-8(9-7-15(5)14-10(9)13)16(6)11(17)18-12(2,3)4/h7-8H,1-6H3/i5D3. The molecular weight excluding hydrogens is 298 g/mol. The third kappa shape index (κ3) is 3.73. The lowest BCUT2D eigenvalue weighted by Gasteiger charge is -2.28. The molecule has 6 heteroatoms. The van der Waals surface area contributed by atoms with Crippen LogP contribution in [0.1, 0.15) is 43.4 Å². The Morgan fingerprint density at radius 3 is 2.72 bits per heavy atom. The van der Waals surface area contributed by atoms with Crippen LogP contribution in [0.25, 0.3) is 0 Å². The fourth-order valence-corrected chi connectivity index (χ4v) is 1.95. The molecule has 5 nitrogen and oxygen atoms in total. The lowest BCUT2D eigenvalue weighted by molar-refractivity contribution is 0.0233. The first-order chi connectivity index (χ1) is 9.33. The number of aryl methyl sites for hydroxylation is 1. The number of aromatic nitrogens is 2. The first-order valence-electron chi connectivity index (χ1n) is 7.04. The molecule has 0 aromatic carbocycles. The molecule has 0 N–H and O–H groups in total. The zero-order valence-electron chi connectivity index (χ0n) is 14.2. The molecule has 0 bridgehead atoms. The second kappa shape index (κ2) is 5.30. The summed E-state index contributed by atoms with van der Waals surface area (Å²) in [7, 11) is 1.60. The smallest absolute Gasteiger partial charge is 0.410 e. The number of amides is 1. The van der Waals surface area contributed by atoms with E-state index < -0.39 is 18.7 Å². The van der Waals surface area contributed by atoms with Crippen LogP contribution in [-0.2, 0) is 11.7 Å². The summed E-state index contributed by atoms with van der Waals surface area (Å²) in [5.41, 5.74) is 0.00465. The first kappa shape index (κ1) is 10.8. The molecule has 0 aliphatic carbocycles. The van der Waals surface area contributed by atoms with Crippen molar-refractivity contribution in [1.82, 2.24) is 14.7 Å². The SMILES string of the molecule is [2H]C([2H])([2H])n1cc(C(C)N(C)C(=O)OC(C)(C)C)c(Br)n1. The van der Waals surface area contributed by atoms with Crippen LogP contribution in [0.2, 0.25) is 0 Å². The van der Waals surface area contributed by atoms with Gasteiger partial charge in [-0.15, -0.1) is 0 Å². The molecule has 1 unspecified atom stereocenters. The van der Waals surface area contributed by atoms with E-state index in [4.69, 9.17) is 8.85 Å². The first-order valence-corrected chi connectivity index (χ1v) is 6.33. The predicted octanol–water partition coefficient (Wildman–Crippen LogP) is 3.11. The maximum absolute atomic E-state index is 12.0. The lowest BCUT2D eigenvalue weighted by atomic mass is 10.2. The van der Waals surface area contributed by atoms with Crippen LogP contribution in [-0.4, -0.2) is 33.4 Å². The summed E-state index contributed by atoms with van der Waals surface area (Å²) in [5, 5.41) is 3.91. The van der Waals surface area contributed by atoms with Crippen LogP contribution in [0.15, 0.2) is 10.8 Å². The van der Waals surface area contributed by atoms with Gasteiger partial charge in [0.1, 0.15) is 10.2 Å². The highest BCUT2D eigenvalue weighted by atomic mass is 79.9. The van der Waals surface area contributed by atoms with Crippen molar-refractivity contribution in [3.05, 3.63) is 16.4 Å². The normalized spacial score (nSPS) is 16.4. The Hall–Kier alpha value is -1.04. The number of ether oxygens (including phenoxy) is 1. The molecule has 0 aliphatic rings. The summed E-state index contributed by atoms with van der Waals surface area (Å²) in [5.74, 6) is 0. The second-order valence-corrected chi connectivity index (χ2v) is 5.84. The molecule has 0 saturated heterocycles. The van der Waals surface area contributed by atoms with E-state index in [9.17, 15) is 4.79 Å². The van der Waals surface area contributed by atoms with E-state index in [0.717, 1.165) is 4.68 Å². The minimum absolute atomic E-state index is 0.384. The topological polar surface area (TPSA) is 47.4 Å². The van der Waals surface area contributed by atoms with E-state index in [2.05, 4.69) is 21.0 Å². The van der Waals surface area contributed by atoms with Gasteiger partial charge in [-0.2, -0.15) is 5.10 Å². The molecule has 0 radical (unpaired) electrons. The molecule has 18 heavy (non-hydrogen) atoms. The average Bonchev–Trinajstić information content (AvgIpc) is 2.66. The second-order valence-electron chi connectivity index (χ2n) is 5.09. The van der Waals surface area contributed by atoms with E-state index >= 15 is 0 Å². The Bertz CT molecular complexity index is 523. The summed E-state index contributed by atoms with van der Waals surface area (Å²) >= 11 is 3.23. The summed E-state index contributed by atoms with van der Waals surface area (Å²) in [6.07, 6.45) is 0.923. The summed E-state index contributed by atoms with van der Waals surface area (Å²) in [6.45, 7) is 4.77. The Balaban J connectivity index is 2.96. The van der Waals surface area contributed by atoms with Crippen LogP contribution >= 0.6 is 15.9 Å². The highest BCUT2D eigenvalue weighted by molar-refractivity contribution is 9.10. The van der Waals surface area contributed by atoms with Gasteiger partial charge in [0.25, 0.3) is 0 Å². The van der Waals surface area contributed by atoms with Crippen molar-refractivity contribution in [3.8, 4) is 0 Å². The van der Waals surface area contributed by atoms with Crippen molar-refractivity contribution in [3.63, 3.8) is 0 Å². The van der Waals surface area contributed by atoms with E-state index in [0.29, 0.717) is 10.2 Å². The molecule has 102 valence electrons. The van der Waals surface area contributed by atoms with Gasteiger partial charge in [-0.25, -0.2) is 4.79 Å². The number of nitrogens with zero attached hydrogens (tertiary/aromatic N) is 3. The zero-order chi connectivity index (χ0) is 16.6. The molecule has 1 aromatic rings. The average molecular weight is 321 g/mol. The van der Waals surface area contributed by atoms with Gasteiger partial charge in [-0.1, -0.05) is 0 Å². The van der Waals surface area contributed by atoms with Gasteiger partial charge >= 0.3 is 6.09 Å². The number of halogens is 1. The van der Waals surface area contributed by atoms with Crippen LogP contribution in [0, 0.1) is 0 Å². The van der Waals surface area contributed by atoms with Gasteiger partial charge in [0.2, 0.25) is 0 Å². The van der Waals surface area contributed by atoms with Crippen LogP contribution in [0.5, 0.6) is 0 Å². The molecule has 1 heterocycles. The van der Waals surface area contributed by atoms with E-state index in [1.165, 1.54) is 11.1 Å². The van der Waals surface area contributed by atoms with Crippen molar-refractivity contribution in [1.29, 1.82) is 0 Å². The van der Waals surface area contributed by atoms with Gasteiger partial charge in [-0.3, -0.25) is 4.68 Å². The quantitative estimate of drug-likeness (QED) is 0.841. The number of carbonyl (C=O) groups excluding carboxylic acids is 1. The molecule has 1 aromatic heterocycles. The monoisotopic (exact) mass is 320 g/mol. The molecule has 0 aliphatic heterocycles. The predicted molar refractivity (Wildman–Crippen MR) is 73.3 cm³/mol.